The van der Waals surface area contributed by atoms with Crippen molar-refractivity contribution in [1.29, 1.82) is 0 Å². The maximum absolute atomic E-state index is 5.14. The Morgan fingerprint density at radius 1 is 0.322 bits per heavy atom. The molecule has 0 atom stereocenters. The Labute approximate surface area is 338 Å². The summed E-state index contributed by atoms with van der Waals surface area (Å²) in [5, 5.41) is 2.38. The summed E-state index contributed by atoms with van der Waals surface area (Å²) in [6.07, 6.45) is 0. The van der Waals surface area contributed by atoms with E-state index in [1.165, 1.54) is 10.8 Å². The molecule has 4 aromatic heterocycles. The van der Waals surface area contributed by atoms with Gasteiger partial charge in [0.25, 0.3) is 0 Å². The molecule has 0 unspecified atom stereocenters. The largest absolute Gasteiger partial charge is 0.309 e. The fourth-order valence-electron chi connectivity index (χ4n) is 8.66. The molecule has 0 saturated heterocycles. The monoisotopic (exact) mass is 755 g/mol. The van der Waals surface area contributed by atoms with Gasteiger partial charge < -0.3 is 4.57 Å². The van der Waals surface area contributed by atoms with Gasteiger partial charge in [-0.05, 0) is 71.8 Å². The van der Waals surface area contributed by atoms with Gasteiger partial charge in [0.05, 0.1) is 33.1 Å². The second-order valence-electron chi connectivity index (χ2n) is 14.8. The Bertz CT molecular complexity index is 3490. The Kier molecular flexibility index (Phi) is 7.40. The molecule has 0 amide bonds. The van der Waals surface area contributed by atoms with Crippen molar-refractivity contribution in [3.63, 3.8) is 0 Å². The summed E-state index contributed by atoms with van der Waals surface area (Å²) in [4.78, 5) is 20.1. The lowest BCUT2D eigenvalue weighted by atomic mass is 9.99. The van der Waals surface area contributed by atoms with Gasteiger partial charge in [0.1, 0.15) is 0 Å². The van der Waals surface area contributed by atoms with E-state index in [0.29, 0.717) is 17.5 Å². The van der Waals surface area contributed by atoms with Gasteiger partial charge in [0.2, 0.25) is 5.78 Å². The van der Waals surface area contributed by atoms with Crippen LogP contribution in [0.25, 0.3) is 106 Å². The smallest absolute Gasteiger partial charge is 0.220 e. The summed E-state index contributed by atoms with van der Waals surface area (Å²) in [7, 11) is 0. The number of fused-ring (bicyclic) bond motifs is 8. The van der Waals surface area contributed by atoms with Crippen molar-refractivity contribution in [2.24, 2.45) is 0 Å². The van der Waals surface area contributed by atoms with E-state index < -0.39 is 0 Å². The Morgan fingerprint density at radius 3 is 1.64 bits per heavy atom. The van der Waals surface area contributed by atoms with E-state index in [0.717, 1.165) is 78.1 Å². The highest BCUT2D eigenvalue weighted by molar-refractivity contribution is 6.16. The van der Waals surface area contributed by atoms with Crippen LogP contribution >= 0.6 is 0 Å². The molecule has 4 heterocycles. The summed E-state index contributed by atoms with van der Waals surface area (Å²) in [5.74, 6) is 2.79. The van der Waals surface area contributed by atoms with E-state index in [-0.39, 0.29) is 0 Å². The highest BCUT2D eigenvalue weighted by Crippen LogP contribution is 2.41. The Hall–Kier alpha value is -8.16. The minimum atomic E-state index is 0.620. The third-order valence-corrected chi connectivity index (χ3v) is 11.3. The Morgan fingerprint density at radius 2 is 0.898 bits per heavy atom. The minimum Gasteiger partial charge on any atom is -0.309 e. The first kappa shape index (κ1) is 33.0. The van der Waals surface area contributed by atoms with Gasteiger partial charge in [-0.3, -0.25) is 8.97 Å². The van der Waals surface area contributed by atoms with Gasteiger partial charge in [-0.15, -0.1) is 0 Å². The van der Waals surface area contributed by atoms with E-state index in [1.54, 1.807) is 0 Å². The summed E-state index contributed by atoms with van der Waals surface area (Å²) in [6.45, 7) is 0. The van der Waals surface area contributed by atoms with E-state index >= 15 is 0 Å². The van der Waals surface area contributed by atoms with Crippen molar-refractivity contribution in [1.82, 2.24) is 33.5 Å². The maximum Gasteiger partial charge on any atom is 0.220 e. The van der Waals surface area contributed by atoms with Crippen LogP contribution in [0.4, 0.5) is 0 Å². The molecule has 59 heavy (non-hydrogen) atoms. The average Bonchev–Trinajstić information content (AvgIpc) is 3.96. The lowest BCUT2D eigenvalue weighted by molar-refractivity contribution is 1.07. The number of rotatable bonds is 6. The van der Waals surface area contributed by atoms with Crippen molar-refractivity contribution in [2.75, 3.05) is 0 Å². The topological polar surface area (TPSA) is 65.8 Å². The number of benzene rings is 8. The van der Waals surface area contributed by atoms with Crippen LogP contribution in [0.3, 0.4) is 0 Å². The molecular weight excluding hydrogens is 723 g/mol. The van der Waals surface area contributed by atoms with Gasteiger partial charge in [-0.2, -0.15) is 0 Å². The molecule has 8 aromatic carbocycles. The molecule has 276 valence electrons. The van der Waals surface area contributed by atoms with E-state index in [9.17, 15) is 0 Å². The fourth-order valence-corrected chi connectivity index (χ4v) is 8.66. The molecule has 0 saturated carbocycles. The van der Waals surface area contributed by atoms with Crippen LogP contribution in [-0.4, -0.2) is 33.5 Å². The predicted octanol–water partition coefficient (Wildman–Crippen LogP) is 12.4. The molecule has 0 N–H and O–H groups in total. The van der Waals surface area contributed by atoms with Crippen LogP contribution < -0.4 is 0 Å². The van der Waals surface area contributed by atoms with Crippen LogP contribution in [0.15, 0.2) is 200 Å². The molecular formula is C52H33N7. The summed E-state index contributed by atoms with van der Waals surface area (Å²) >= 11 is 0. The second kappa shape index (κ2) is 13.2. The number of imidazole rings is 2. The number of hydrogen-bond donors (Lipinski definition) is 0. The molecule has 0 aliphatic heterocycles. The highest BCUT2D eigenvalue weighted by Gasteiger charge is 2.21. The molecule has 0 spiro atoms. The standard InChI is InChI=1S/C52H33N7/c1-4-16-34(17-5-1)49-54-50(35-18-6-2-7-19-35)56-51(55-49)37-20-14-23-39(32-37)57-43-27-12-10-24-41(43)48-40(25-15-29-46(48)57)36-30-31-45-47(33-36)59-44-28-13-11-26-42(44)53-52(59)58(45)38-21-8-3-9-22-38/h1-33H. The molecule has 12 aromatic rings. The average molecular weight is 756 g/mol. The molecule has 0 aliphatic rings. The van der Waals surface area contributed by atoms with Gasteiger partial charge in [-0.25, -0.2) is 19.9 Å². The fraction of sp³-hybridized carbons (Fsp3) is 0. The zero-order chi connectivity index (χ0) is 38.9. The van der Waals surface area contributed by atoms with Crippen LogP contribution in [0.1, 0.15) is 0 Å². The number of aromatic nitrogens is 7. The minimum absolute atomic E-state index is 0.620. The third kappa shape index (κ3) is 5.29. The van der Waals surface area contributed by atoms with E-state index in [1.807, 2.05) is 60.7 Å². The first-order valence-corrected chi connectivity index (χ1v) is 19.7. The molecule has 0 bridgehead atoms. The van der Waals surface area contributed by atoms with Crippen LogP contribution in [0.5, 0.6) is 0 Å². The van der Waals surface area contributed by atoms with Crippen LogP contribution in [0, 0.1) is 0 Å². The number of hydrogen-bond acceptors (Lipinski definition) is 4. The van der Waals surface area contributed by atoms with Gasteiger partial charge in [0, 0.05) is 38.8 Å². The highest BCUT2D eigenvalue weighted by atomic mass is 15.2. The SMILES string of the molecule is c1ccc(-c2nc(-c3ccccc3)nc(-c3cccc(-n4c5ccccc5c5c(-c6ccc7c(c6)n6c8ccccc8nc6n7-c6ccccc6)cccc54)c3)n2)cc1. The van der Waals surface area contributed by atoms with Crippen LogP contribution in [-0.2, 0) is 0 Å². The van der Waals surface area contributed by atoms with Crippen LogP contribution in [0.2, 0.25) is 0 Å². The predicted molar refractivity (Wildman–Crippen MR) is 239 cm³/mol. The molecule has 0 aliphatic carbocycles. The zero-order valence-electron chi connectivity index (χ0n) is 31.7. The lowest BCUT2D eigenvalue weighted by Crippen LogP contribution is -2.01. The quantitative estimate of drug-likeness (QED) is 0.169. The van der Waals surface area contributed by atoms with Crippen molar-refractivity contribution >= 4 is 49.7 Å². The van der Waals surface area contributed by atoms with E-state index in [4.69, 9.17) is 19.9 Å². The van der Waals surface area contributed by atoms with Crippen molar-refractivity contribution in [3.05, 3.63) is 200 Å². The summed E-state index contributed by atoms with van der Waals surface area (Å²) in [5.41, 5.74) is 13.7. The zero-order valence-corrected chi connectivity index (χ0v) is 31.7. The number of nitrogens with zero attached hydrogens (tertiary/aromatic N) is 7. The van der Waals surface area contributed by atoms with Crippen molar-refractivity contribution in [2.45, 2.75) is 0 Å². The summed E-state index contributed by atoms with van der Waals surface area (Å²) in [6, 6.07) is 69.8. The van der Waals surface area contributed by atoms with Gasteiger partial charge in [0.15, 0.2) is 17.5 Å². The Balaban J connectivity index is 1.05. The second-order valence-corrected chi connectivity index (χ2v) is 14.8. The maximum atomic E-state index is 5.14. The van der Waals surface area contributed by atoms with Gasteiger partial charge >= 0.3 is 0 Å². The number of para-hydroxylation sites is 4. The third-order valence-electron chi connectivity index (χ3n) is 11.3. The molecule has 7 heteroatoms. The lowest BCUT2D eigenvalue weighted by Gasteiger charge is -2.12. The summed E-state index contributed by atoms with van der Waals surface area (Å²) < 4.78 is 6.92. The molecule has 7 nitrogen and oxygen atoms in total. The van der Waals surface area contributed by atoms with Crippen molar-refractivity contribution < 1.29 is 0 Å². The normalized spacial score (nSPS) is 11.7. The van der Waals surface area contributed by atoms with E-state index in [2.05, 4.69) is 153 Å². The first-order valence-electron chi connectivity index (χ1n) is 19.7. The molecule has 0 radical (unpaired) electrons. The first-order chi connectivity index (χ1) is 29.3. The molecule has 0 fully saturated rings. The van der Waals surface area contributed by atoms with Crippen molar-refractivity contribution in [3.8, 4) is 56.7 Å². The van der Waals surface area contributed by atoms with Gasteiger partial charge in [-0.1, -0.05) is 140 Å². The molecule has 12 rings (SSSR count).